The first kappa shape index (κ1) is 15.1. The molecule has 23 heavy (non-hydrogen) atoms. The van der Waals surface area contributed by atoms with Crippen LogP contribution < -0.4 is 5.32 Å². The molecule has 0 aliphatic rings. The first-order chi connectivity index (χ1) is 11.2. The summed E-state index contributed by atoms with van der Waals surface area (Å²) in [5.41, 5.74) is 2.76. The van der Waals surface area contributed by atoms with Crippen molar-refractivity contribution in [2.24, 2.45) is 0 Å². The minimum atomic E-state index is -0.244. The van der Waals surface area contributed by atoms with Crippen LogP contribution in [0, 0.1) is 0 Å². The van der Waals surface area contributed by atoms with Crippen LogP contribution in [0.4, 0.5) is 5.82 Å². The second-order valence-corrected chi connectivity index (χ2v) is 5.34. The molecule has 1 heterocycles. The maximum Gasteiger partial charge on any atom is 0.249 e. The number of H-pyrrole nitrogens is 1. The van der Waals surface area contributed by atoms with Crippen molar-refractivity contribution in [3.8, 4) is 11.3 Å². The van der Waals surface area contributed by atoms with E-state index < -0.39 is 0 Å². The maximum absolute atomic E-state index is 11.9. The predicted molar refractivity (Wildman–Crippen MR) is 93.1 cm³/mol. The molecule has 2 N–H and O–H groups in total. The maximum atomic E-state index is 11.9. The van der Waals surface area contributed by atoms with Gasteiger partial charge in [0.15, 0.2) is 5.82 Å². The molecule has 0 spiro atoms. The van der Waals surface area contributed by atoms with Crippen LogP contribution in [0.25, 0.3) is 17.3 Å². The summed E-state index contributed by atoms with van der Waals surface area (Å²) in [5, 5.41) is 10.4. The Morgan fingerprint density at radius 2 is 1.83 bits per heavy atom. The van der Waals surface area contributed by atoms with E-state index in [9.17, 15) is 4.79 Å². The van der Waals surface area contributed by atoms with Crippen molar-refractivity contribution in [1.82, 2.24) is 10.2 Å². The summed E-state index contributed by atoms with van der Waals surface area (Å²) < 4.78 is 0. The van der Waals surface area contributed by atoms with E-state index in [4.69, 9.17) is 11.6 Å². The molecule has 114 valence electrons. The molecule has 0 saturated heterocycles. The molecular weight excluding hydrogens is 310 g/mol. The molecule has 4 nitrogen and oxygen atoms in total. The van der Waals surface area contributed by atoms with Gasteiger partial charge in [0.1, 0.15) is 0 Å². The van der Waals surface area contributed by atoms with Gasteiger partial charge in [-0.2, -0.15) is 5.10 Å². The van der Waals surface area contributed by atoms with E-state index in [1.54, 1.807) is 24.3 Å². The molecule has 5 heteroatoms. The molecule has 0 bridgehead atoms. The van der Waals surface area contributed by atoms with E-state index in [2.05, 4.69) is 15.5 Å². The molecule has 0 saturated carbocycles. The highest BCUT2D eigenvalue weighted by Gasteiger charge is 2.05. The number of aromatic amines is 1. The summed E-state index contributed by atoms with van der Waals surface area (Å²) in [6, 6.07) is 18.8. The lowest BCUT2D eigenvalue weighted by Crippen LogP contribution is -2.07. The Bertz CT molecular complexity index is 823. The smallest absolute Gasteiger partial charge is 0.249 e. The number of carbonyl (C=O) groups is 1. The largest absolute Gasteiger partial charge is 0.306 e. The minimum Gasteiger partial charge on any atom is -0.306 e. The van der Waals surface area contributed by atoms with Gasteiger partial charge >= 0.3 is 0 Å². The molecule has 1 aromatic heterocycles. The molecule has 0 fully saturated rings. The Balaban J connectivity index is 1.64. The molecule has 2 aromatic carbocycles. The Morgan fingerprint density at radius 1 is 1.09 bits per heavy atom. The fraction of sp³-hybridized carbons (Fsp3) is 0. The zero-order chi connectivity index (χ0) is 16.1. The highest BCUT2D eigenvalue weighted by atomic mass is 35.5. The highest BCUT2D eigenvalue weighted by molar-refractivity contribution is 6.30. The molecule has 3 aromatic rings. The van der Waals surface area contributed by atoms with E-state index in [1.165, 1.54) is 6.08 Å². The fourth-order valence-electron chi connectivity index (χ4n) is 2.07. The zero-order valence-electron chi connectivity index (χ0n) is 12.2. The van der Waals surface area contributed by atoms with E-state index in [1.807, 2.05) is 42.5 Å². The van der Waals surface area contributed by atoms with Crippen LogP contribution in [0.15, 0.2) is 66.7 Å². The third kappa shape index (κ3) is 4.08. The topological polar surface area (TPSA) is 57.8 Å². The van der Waals surface area contributed by atoms with Crippen LogP contribution in [-0.4, -0.2) is 16.1 Å². The van der Waals surface area contributed by atoms with Crippen LogP contribution in [0.3, 0.4) is 0 Å². The zero-order valence-corrected chi connectivity index (χ0v) is 12.9. The molecule has 3 rings (SSSR count). The number of benzene rings is 2. The predicted octanol–water partition coefficient (Wildman–Crippen LogP) is 4.38. The summed E-state index contributed by atoms with van der Waals surface area (Å²) in [6.07, 6.45) is 3.18. The quantitative estimate of drug-likeness (QED) is 0.700. The van der Waals surface area contributed by atoms with Gasteiger partial charge in [-0.25, -0.2) is 0 Å². The van der Waals surface area contributed by atoms with Crippen molar-refractivity contribution in [2.75, 3.05) is 5.32 Å². The Kier molecular flexibility index (Phi) is 4.54. The third-order valence-corrected chi connectivity index (χ3v) is 3.46. The number of nitrogens with one attached hydrogen (secondary N) is 2. The number of rotatable bonds is 4. The van der Waals surface area contributed by atoms with Crippen LogP contribution in [0.2, 0.25) is 5.02 Å². The molecule has 0 unspecified atom stereocenters. The summed E-state index contributed by atoms with van der Waals surface area (Å²) in [7, 11) is 0. The lowest BCUT2D eigenvalue weighted by molar-refractivity contribution is -0.111. The summed E-state index contributed by atoms with van der Waals surface area (Å²) in [4.78, 5) is 11.9. The number of hydrogen-bond acceptors (Lipinski definition) is 2. The van der Waals surface area contributed by atoms with Crippen LogP contribution in [0.1, 0.15) is 5.56 Å². The highest BCUT2D eigenvalue weighted by Crippen LogP contribution is 2.19. The van der Waals surface area contributed by atoms with Crippen molar-refractivity contribution >= 4 is 29.4 Å². The average molecular weight is 324 g/mol. The van der Waals surface area contributed by atoms with E-state index in [-0.39, 0.29) is 5.91 Å². The molecule has 0 aliphatic carbocycles. The molecule has 0 atom stereocenters. The van der Waals surface area contributed by atoms with Crippen LogP contribution >= 0.6 is 11.6 Å². The molecular formula is C18H14ClN3O. The molecule has 0 aliphatic heterocycles. The summed E-state index contributed by atoms with van der Waals surface area (Å²) >= 11 is 5.82. The second kappa shape index (κ2) is 6.94. The normalized spacial score (nSPS) is 10.8. The number of aromatic nitrogens is 2. The van der Waals surface area contributed by atoms with E-state index >= 15 is 0 Å². The van der Waals surface area contributed by atoms with Gasteiger partial charge in [0, 0.05) is 17.2 Å². The number of amides is 1. The second-order valence-electron chi connectivity index (χ2n) is 4.91. The van der Waals surface area contributed by atoms with Crippen molar-refractivity contribution in [3.05, 3.63) is 77.3 Å². The van der Waals surface area contributed by atoms with Crippen molar-refractivity contribution < 1.29 is 4.79 Å². The van der Waals surface area contributed by atoms with Gasteiger partial charge < -0.3 is 5.32 Å². The third-order valence-electron chi connectivity index (χ3n) is 3.21. The van der Waals surface area contributed by atoms with Crippen LogP contribution in [0.5, 0.6) is 0 Å². The first-order valence-corrected chi connectivity index (χ1v) is 7.44. The average Bonchev–Trinajstić information content (AvgIpc) is 3.04. The summed E-state index contributed by atoms with van der Waals surface area (Å²) in [6.45, 7) is 0. The number of anilines is 1. The Morgan fingerprint density at radius 3 is 2.57 bits per heavy atom. The fourth-order valence-corrected chi connectivity index (χ4v) is 2.19. The van der Waals surface area contributed by atoms with E-state index in [0.29, 0.717) is 10.8 Å². The van der Waals surface area contributed by atoms with Gasteiger partial charge in [0.2, 0.25) is 5.91 Å². The Labute approximate surface area is 138 Å². The van der Waals surface area contributed by atoms with Crippen LogP contribution in [-0.2, 0) is 4.79 Å². The number of hydrogen-bond donors (Lipinski definition) is 2. The number of nitrogens with zero attached hydrogens (tertiary/aromatic N) is 1. The van der Waals surface area contributed by atoms with Gasteiger partial charge in [-0.3, -0.25) is 9.89 Å². The minimum absolute atomic E-state index is 0.244. The molecule has 1 amide bonds. The number of carbonyl (C=O) groups excluding carboxylic acids is 1. The lowest BCUT2D eigenvalue weighted by atomic mass is 10.1. The SMILES string of the molecule is O=C(/C=C/c1ccc(Cl)cc1)Nc1cc(-c2ccccc2)[nH]n1. The Hall–Kier alpha value is -2.85. The van der Waals surface area contributed by atoms with Gasteiger partial charge in [0.25, 0.3) is 0 Å². The van der Waals surface area contributed by atoms with Gasteiger partial charge in [-0.05, 0) is 29.3 Å². The van der Waals surface area contributed by atoms with Gasteiger partial charge in [0.05, 0.1) is 5.69 Å². The number of halogens is 1. The van der Waals surface area contributed by atoms with Crippen molar-refractivity contribution in [3.63, 3.8) is 0 Å². The standard InChI is InChI=1S/C18H14ClN3O/c19-15-9-6-13(7-10-15)8-11-18(23)20-17-12-16(21-22-17)14-4-2-1-3-5-14/h1-12H,(H2,20,21,22,23)/b11-8+. The first-order valence-electron chi connectivity index (χ1n) is 7.06. The molecule has 0 radical (unpaired) electrons. The monoisotopic (exact) mass is 323 g/mol. The van der Waals surface area contributed by atoms with E-state index in [0.717, 1.165) is 16.8 Å². The van der Waals surface area contributed by atoms with Crippen molar-refractivity contribution in [1.29, 1.82) is 0 Å². The van der Waals surface area contributed by atoms with Gasteiger partial charge in [-0.15, -0.1) is 0 Å². The summed E-state index contributed by atoms with van der Waals surface area (Å²) in [5.74, 6) is 0.237. The lowest BCUT2D eigenvalue weighted by Gasteiger charge is -1.96. The van der Waals surface area contributed by atoms with Gasteiger partial charge in [-0.1, -0.05) is 54.1 Å². The van der Waals surface area contributed by atoms with Crippen molar-refractivity contribution in [2.45, 2.75) is 0 Å².